The maximum atomic E-state index is 12.4. The molecule has 1 fully saturated rings. The average Bonchev–Trinajstić information content (AvgIpc) is 3.14. The number of aryl methyl sites for hydroxylation is 1. The summed E-state index contributed by atoms with van der Waals surface area (Å²) in [5, 5.41) is 4.02. The Morgan fingerprint density at radius 2 is 2.19 bits per heavy atom. The maximum Gasteiger partial charge on any atom is 0.265 e. The van der Waals surface area contributed by atoms with Crippen molar-refractivity contribution < 1.29 is 4.52 Å². The van der Waals surface area contributed by atoms with E-state index in [4.69, 9.17) is 9.51 Å². The van der Waals surface area contributed by atoms with Gasteiger partial charge in [-0.2, -0.15) is 4.98 Å². The van der Waals surface area contributed by atoms with Crippen molar-refractivity contribution in [3.05, 3.63) is 51.9 Å². The van der Waals surface area contributed by atoms with E-state index in [0.29, 0.717) is 18.4 Å². The topological polar surface area (TPSA) is 79.8 Å². The third-order valence-electron chi connectivity index (χ3n) is 5.01. The minimum absolute atomic E-state index is 0.0419. The van der Waals surface area contributed by atoms with Gasteiger partial charge in [-0.15, -0.1) is 0 Å². The molecule has 0 aliphatic carbocycles. The molecular formula is C19H24N6O2. The SMILES string of the molecule is Cc1cccn2c(=O)cc(CN3CCCC(c4nc(N(C)C)no4)C3)nc12. The van der Waals surface area contributed by atoms with E-state index in [9.17, 15) is 4.79 Å². The Bertz CT molecular complexity index is 1010. The molecule has 1 aliphatic heterocycles. The highest BCUT2D eigenvalue weighted by Gasteiger charge is 2.26. The Balaban J connectivity index is 1.53. The van der Waals surface area contributed by atoms with E-state index >= 15 is 0 Å². The first-order valence-electron chi connectivity index (χ1n) is 9.22. The lowest BCUT2D eigenvalue weighted by molar-refractivity contribution is 0.178. The molecule has 8 heteroatoms. The molecule has 27 heavy (non-hydrogen) atoms. The minimum Gasteiger partial charge on any atom is -0.344 e. The summed E-state index contributed by atoms with van der Waals surface area (Å²) in [6, 6.07) is 5.47. The first-order valence-corrected chi connectivity index (χ1v) is 9.22. The normalized spacial score (nSPS) is 18.1. The molecule has 142 valence electrons. The third-order valence-corrected chi connectivity index (χ3v) is 5.01. The maximum absolute atomic E-state index is 12.4. The zero-order chi connectivity index (χ0) is 19.0. The van der Waals surface area contributed by atoms with Gasteiger partial charge < -0.3 is 9.42 Å². The zero-order valence-corrected chi connectivity index (χ0v) is 15.9. The van der Waals surface area contributed by atoms with Crippen molar-refractivity contribution >= 4 is 11.6 Å². The summed E-state index contributed by atoms with van der Waals surface area (Å²) >= 11 is 0. The molecule has 1 atom stereocenters. The quantitative estimate of drug-likeness (QED) is 0.695. The summed E-state index contributed by atoms with van der Waals surface area (Å²) in [4.78, 5) is 25.8. The van der Waals surface area contributed by atoms with Crippen molar-refractivity contribution in [2.24, 2.45) is 0 Å². The number of hydrogen-bond acceptors (Lipinski definition) is 7. The molecular weight excluding hydrogens is 344 g/mol. The van der Waals surface area contributed by atoms with Gasteiger partial charge in [0.25, 0.3) is 11.5 Å². The van der Waals surface area contributed by atoms with E-state index in [1.807, 2.05) is 38.1 Å². The molecule has 0 saturated carbocycles. The predicted molar refractivity (Wildman–Crippen MR) is 102 cm³/mol. The van der Waals surface area contributed by atoms with E-state index in [1.165, 1.54) is 0 Å². The van der Waals surface area contributed by atoms with Gasteiger partial charge in [0.05, 0.1) is 11.6 Å². The fraction of sp³-hybridized carbons (Fsp3) is 0.474. The standard InChI is InChI=1S/C19H24N6O2/c1-13-6-4-9-25-16(26)10-15(20-17(13)25)12-24-8-5-7-14(11-24)18-21-19(22-27-18)23(2)3/h4,6,9-10,14H,5,7-8,11-12H2,1-3H3. The molecule has 3 aromatic heterocycles. The largest absolute Gasteiger partial charge is 0.344 e. The van der Waals surface area contributed by atoms with E-state index in [0.717, 1.165) is 42.8 Å². The minimum atomic E-state index is -0.0419. The predicted octanol–water partition coefficient (Wildman–Crippen LogP) is 1.83. The van der Waals surface area contributed by atoms with Crippen molar-refractivity contribution in [3.8, 4) is 0 Å². The smallest absolute Gasteiger partial charge is 0.265 e. The van der Waals surface area contributed by atoms with Crippen LogP contribution in [0, 0.1) is 6.92 Å². The van der Waals surface area contributed by atoms with E-state index in [1.54, 1.807) is 16.7 Å². The third kappa shape index (κ3) is 3.57. The molecule has 4 rings (SSSR count). The Hall–Kier alpha value is -2.74. The van der Waals surface area contributed by atoms with Crippen LogP contribution in [0.1, 0.15) is 35.9 Å². The number of anilines is 1. The molecule has 0 spiro atoms. The lowest BCUT2D eigenvalue weighted by Crippen LogP contribution is -2.34. The van der Waals surface area contributed by atoms with Crippen LogP contribution < -0.4 is 10.5 Å². The van der Waals surface area contributed by atoms with Crippen molar-refractivity contribution in [2.75, 3.05) is 32.1 Å². The highest BCUT2D eigenvalue weighted by molar-refractivity contribution is 5.46. The Kier molecular flexibility index (Phi) is 4.65. The van der Waals surface area contributed by atoms with Crippen LogP contribution in [0.5, 0.6) is 0 Å². The Morgan fingerprint density at radius 1 is 1.33 bits per heavy atom. The van der Waals surface area contributed by atoms with Crippen molar-refractivity contribution in [1.82, 2.24) is 24.4 Å². The number of pyridine rings is 1. The second kappa shape index (κ2) is 7.11. The monoisotopic (exact) mass is 368 g/mol. The number of fused-ring (bicyclic) bond motifs is 1. The van der Waals surface area contributed by atoms with Crippen LogP contribution in [-0.4, -0.2) is 51.6 Å². The Morgan fingerprint density at radius 3 is 2.96 bits per heavy atom. The number of hydrogen-bond donors (Lipinski definition) is 0. The summed E-state index contributed by atoms with van der Waals surface area (Å²) in [6.45, 7) is 4.41. The number of likely N-dealkylation sites (tertiary alicyclic amines) is 1. The van der Waals surface area contributed by atoms with Gasteiger partial charge in [0.2, 0.25) is 5.89 Å². The van der Waals surface area contributed by atoms with Gasteiger partial charge in [-0.1, -0.05) is 6.07 Å². The van der Waals surface area contributed by atoms with Gasteiger partial charge in [-0.05, 0) is 43.1 Å². The molecule has 3 aromatic rings. The molecule has 0 aromatic carbocycles. The van der Waals surface area contributed by atoms with Crippen LogP contribution in [0.3, 0.4) is 0 Å². The fourth-order valence-electron chi connectivity index (χ4n) is 3.59. The zero-order valence-electron chi connectivity index (χ0n) is 15.9. The lowest BCUT2D eigenvalue weighted by Gasteiger charge is -2.30. The van der Waals surface area contributed by atoms with Crippen molar-refractivity contribution in [2.45, 2.75) is 32.2 Å². The summed E-state index contributed by atoms with van der Waals surface area (Å²) in [6.07, 6.45) is 3.84. The fourth-order valence-corrected chi connectivity index (χ4v) is 3.59. The summed E-state index contributed by atoms with van der Waals surface area (Å²) in [7, 11) is 3.79. The average molecular weight is 368 g/mol. The summed E-state index contributed by atoms with van der Waals surface area (Å²) < 4.78 is 7.05. The van der Waals surface area contributed by atoms with Crippen molar-refractivity contribution in [3.63, 3.8) is 0 Å². The summed E-state index contributed by atoms with van der Waals surface area (Å²) in [5.41, 5.74) is 2.48. The van der Waals surface area contributed by atoms with Crippen LogP contribution >= 0.6 is 0 Å². The number of piperidine rings is 1. The Labute approximate surface area is 157 Å². The number of rotatable bonds is 4. The number of nitrogens with zero attached hydrogens (tertiary/aromatic N) is 6. The molecule has 0 N–H and O–H groups in total. The molecule has 0 amide bonds. The van der Waals surface area contributed by atoms with E-state index in [2.05, 4.69) is 15.0 Å². The second-order valence-corrected chi connectivity index (χ2v) is 7.37. The number of aromatic nitrogens is 4. The first kappa shape index (κ1) is 17.7. The highest BCUT2D eigenvalue weighted by atomic mass is 16.5. The van der Waals surface area contributed by atoms with Gasteiger partial charge in [0.15, 0.2) is 0 Å². The van der Waals surface area contributed by atoms with E-state index in [-0.39, 0.29) is 11.5 Å². The van der Waals surface area contributed by atoms with Crippen LogP contribution in [-0.2, 0) is 6.54 Å². The van der Waals surface area contributed by atoms with Crippen LogP contribution in [0.2, 0.25) is 0 Å². The van der Waals surface area contributed by atoms with Crippen molar-refractivity contribution in [1.29, 1.82) is 0 Å². The molecule has 4 heterocycles. The van der Waals surface area contributed by atoms with Gasteiger partial charge in [-0.25, -0.2) is 4.98 Å². The molecule has 0 bridgehead atoms. The molecule has 1 saturated heterocycles. The molecule has 1 unspecified atom stereocenters. The first-order chi connectivity index (χ1) is 13.0. The summed E-state index contributed by atoms with van der Waals surface area (Å²) in [5.74, 6) is 1.50. The van der Waals surface area contributed by atoms with Gasteiger partial charge >= 0.3 is 0 Å². The second-order valence-electron chi connectivity index (χ2n) is 7.37. The van der Waals surface area contributed by atoms with E-state index < -0.39 is 0 Å². The van der Waals surface area contributed by atoms with Gasteiger partial charge in [-0.3, -0.25) is 14.1 Å². The van der Waals surface area contributed by atoms with Gasteiger partial charge in [0, 0.05) is 39.4 Å². The van der Waals surface area contributed by atoms with Crippen LogP contribution in [0.15, 0.2) is 33.7 Å². The van der Waals surface area contributed by atoms with Crippen LogP contribution in [0.25, 0.3) is 5.65 Å². The van der Waals surface area contributed by atoms with Gasteiger partial charge in [0.1, 0.15) is 5.65 Å². The molecule has 0 radical (unpaired) electrons. The lowest BCUT2D eigenvalue weighted by atomic mass is 9.98. The van der Waals surface area contributed by atoms with Crippen LogP contribution in [0.4, 0.5) is 5.95 Å². The molecule has 8 nitrogen and oxygen atoms in total. The molecule has 1 aliphatic rings. The highest BCUT2D eigenvalue weighted by Crippen LogP contribution is 2.27.